The van der Waals surface area contributed by atoms with Gasteiger partial charge >= 0.3 is 0 Å². The van der Waals surface area contributed by atoms with E-state index in [1.807, 2.05) is 0 Å². The van der Waals surface area contributed by atoms with Crippen molar-refractivity contribution < 1.29 is 0 Å². The molecule has 0 N–H and O–H groups in total. The monoisotopic (exact) mass is 316 g/mol. The van der Waals surface area contributed by atoms with E-state index in [0.717, 1.165) is 6.42 Å². The highest BCUT2D eigenvalue weighted by atomic mass is 14.4. The maximum atomic E-state index is 2.42. The van der Waals surface area contributed by atoms with Gasteiger partial charge < -0.3 is 0 Å². The van der Waals surface area contributed by atoms with Crippen molar-refractivity contribution in [1.29, 1.82) is 0 Å². The number of benzene rings is 3. The van der Waals surface area contributed by atoms with Gasteiger partial charge in [-0.3, -0.25) is 0 Å². The van der Waals surface area contributed by atoms with E-state index in [0.29, 0.717) is 11.8 Å². The third kappa shape index (κ3) is 3.24. The van der Waals surface area contributed by atoms with E-state index in [2.05, 4.69) is 100 Å². The molecular formula is C24H28. The topological polar surface area (TPSA) is 0 Å². The molecule has 0 aromatic heterocycles. The first-order valence-corrected chi connectivity index (χ1v) is 9.02. The molecule has 0 aliphatic heterocycles. The van der Waals surface area contributed by atoms with Gasteiger partial charge in [0.15, 0.2) is 0 Å². The second-order valence-corrected chi connectivity index (χ2v) is 7.79. The van der Waals surface area contributed by atoms with Crippen LogP contribution in [0.25, 0.3) is 10.8 Å². The Morgan fingerprint density at radius 2 is 1.38 bits per heavy atom. The summed E-state index contributed by atoms with van der Waals surface area (Å²) in [4.78, 5) is 0. The van der Waals surface area contributed by atoms with Crippen LogP contribution in [0.3, 0.4) is 0 Å². The van der Waals surface area contributed by atoms with E-state index < -0.39 is 0 Å². The fraction of sp³-hybridized carbons (Fsp3) is 0.333. The van der Waals surface area contributed by atoms with E-state index in [1.54, 1.807) is 0 Å². The lowest BCUT2D eigenvalue weighted by atomic mass is 9.65. The predicted molar refractivity (Wildman–Crippen MR) is 105 cm³/mol. The van der Waals surface area contributed by atoms with Crippen molar-refractivity contribution in [2.45, 2.75) is 39.5 Å². The van der Waals surface area contributed by atoms with Crippen LogP contribution in [0.15, 0.2) is 72.8 Å². The molecule has 0 heterocycles. The molecule has 0 fully saturated rings. The summed E-state index contributed by atoms with van der Waals surface area (Å²) in [6, 6.07) is 26.4. The van der Waals surface area contributed by atoms with Crippen LogP contribution in [0.2, 0.25) is 0 Å². The average molecular weight is 316 g/mol. The highest BCUT2D eigenvalue weighted by molar-refractivity contribution is 5.86. The molecule has 3 rings (SSSR count). The first-order chi connectivity index (χ1) is 11.5. The molecule has 0 aliphatic rings. The Kier molecular flexibility index (Phi) is 4.76. The molecular weight excluding hydrogens is 288 g/mol. The minimum atomic E-state index is 0.116. The Labute approximate surface area is 146 Å². The maximum Gasteiger partial charge on any atom is -0.00636 e. The summed E-state index contributed by atoms with van der Waals surface area (Å²) in [7, 11) is 0. The summed E-state index contributed by atoms with van der Waals surface area (Å²) in [5.41, 5.74) is 3.02. The molecule has 0 radical (unpaired) electrons. The van der Waals surface area contributed by atoms with Crippen LogP contribution < -0.4 is 0 Å². The van der Waals surface area contributed by atoms with Crippen LogP contribution in [0.4, 0.5) is 0 Å². The molecule has 3 aromatic rings. The molecule has 0 bridgehead atoms. The zero-order valence-corrected chi connectivity index (χ0v) is 15.3. The van der Waals surface area contributed by atoms with Crippen molar-refractivity contribution in [2.75, 3.05) is 0 Å². The van der Waals surface area contributed by atoms with Crippen LogP contribution >= 0.6 is 0 Å². The molecule has 124 valence electrons. The van der Waals surface area contributed by atoms with Crippen LogP contribution in [0.5, 0.6) is 0 Å². The molecule has 24 heavy (non-hydrogen) atoms. The Balaban J connectivity index is 2.05. The van der Waals surface area contributed by atoms with Gasteiger partial charge in [-0.1, -0.05) is 100 Å². The van der Waals surface area contributed by atoms with Gasteiger partial charge in [0.25, 0.3) is 0 Å². The number of rotatable bonds is 5. The largest absolute Gasteiger partial charge is 0.0625 e. The number of hydrogen-bond acceptors (Lipinski definition) is 0. The molecule has 1 unspecified atom stereocenters. The van der Waals surface area contributed by atoms with Crippen LogP contribution in [0, 0.1) is 11.8 Å². The molecule has 1 atom stereocenters. The average Bonchev–Trinajstić information content (AvgIpc) is 2.59. The van der Waals surface area contributed by atoms with Gasteiger partial charge in [-0.15, -0.1) is 0 Å². The van der Waals surface area contributed by atoms with Gasteiger partial charge in [-0.25, -0.2) is 0 Å². The first-order valence-electron chi connectivity index (χ1n) is 9.02. The predicted octanol–water partition coefficient (Wildman–Crippen LogP) is 6.63. The van der Waals surface area contributed by atoms with Gasteiger partial charge in [0.1, 0.15) is 0 Å². The first kappa shape index (κ1) is 16.8. The standard InChI is InChI=1S/C24H28/c1-18(2)23(17-19-11-6-5-7-12-19)24(3,4)22-16-10-14-20-13-8-9-15-21(20)22/h5-16,18,23H,17H2,1-4H3. The molecule has 0 nitrogen and oxygen atoms in total. The van der Waals surface area contributed by atoms with Gasteiger partial charge in [0, 0.05) is 0 Å². The lowest BCUT2D eigenvalue weighted by Gasteiger charge is -2.39. The van der Waals surface area contributed by atoms with Crippen LogP contribution in [-0.2, 0) is 11.8 Å². The smallest absolute Gasteiger partial charge is 0.00636 e. The molecule has 3 aromatic carbocycles. The quantitative estimate of drug-likeness (QED) is 0.495. The summed E-state index contributed by atoms with van der Waals surface area (Å²) in [6.45, 7) is 9.56. The van der Waals surface area contributed by atoms with Gasteiger partial charge in [-0.2, -0.15) is 0 Å². The minimum Gasteiger partial charge on any atom is -0.0625 e. The van der Waals surface area contributed by atoms with Crippen molar-refractivity contribution in [3.63, 3.8) is 0 Å². The fourth-order valence-electron chi connectivity index (χ4n) is 4.18. The lowest BCUT2D eigenvalue weighted by molar-refractivity contribution is 0.239. The summed E-state index contributed by atoms with van der Waals surface area (Å²) in [5, 5.41) is 2.73. The SMILES string of the molecule is CC(C)C(Cc1ccccc1)C(C)(C)c1cccc2ccccc12. The molecule has 0 aliphatic carbocycles. The molecule has 0 spiro atoms. The highest BCUT2D eigenvalue weighted by Gasteiger charge is 2.34. The number of fused-ring (bicyclic) bond motifs is 1. The highest BCUT2D eigenvalue weighted by Crippen LogP contribution is 2.41. The van der Waals surface area contributed by atoms with Crippen molar-refractivity contribution >= 4 is 10.8 Å². The molecule has 0 amide bonds. The molecule has 0 saturated heterocycles. The Morgan fingerprint density at radius 1 is 0.750 bits per heavy atom. The Hall–Kier alpha value is -2.08. The Morgan fingerprint density at radius 3 is 2.08 bits per heavy atom. The zero-order valence-electron chi connectivity index (χ0n) is 15.3. The second-order valence-electron chi connectivity index (χ2n) is 7.79. The molecule has 0 heteroatoms. The van der Waals surface area contributed by atoms with E-state index in [-0.39, 0.29) is 5.41 Å². The summed E-state index contributed by atoms with van der Waals surface area (Å²) >= 11 is 0. The van der Waals surface area contributed by atoms with Crippen LogP contribution in [0.1, 0.15) is 38.8 Å². The fourth-order valence-corrected chi connectivity index (χ4v) is 4.18. The van der Waals surface area contributed by atoms with Gasteiger partial charge in [0.05, 0.1) is 0 Å². The van der Waals surface area contributed by atoms with Crippen molar-refractivity contribution in [3.05, 3.63) is 83.9 Å². The van der Waals surface area contributed by atoms with Crippen molar-refractivity contribution in [3.8, 4) is 0 Å². The second kappa shape index (κ2) is 6.81. The zero-order chi connectivity index (χ0) is 17.2. The Bertz CT molecular complexity index is 791. The summed E-state index contributed by atoms with van der Waals surface area (Å²) in [5.74, 6) is 1.21. The van der Waals surface area contributed by atoms with E-state index >= 15 is 0 Å². The van der Waals surface area contributed by atoms with Crippen molar-refractivity contribution in [1.82, 2.24) is 0 Å². The summed E-state index contributed by atoms with van der Waals surface area (Å²) < 4.78 is 0. The van der Waals surface area contributed by atoms with Crippen molar-refractivity contribution in [2.24, 2.45) is 11.8 Å². The van der Waals surface area contributed by atoms with E-state index in [4.69, 9.17) is 0 Å². The minimum absolute atomic E-state index is 0.116. The van der Waals surface area contributed by atoms with E-state index in [1.165, 1.54) is 21.9 Å². The van der Waals surface area contributed by atoms with Gasteiger partial charge in [0.2, 0.25) is 0 Å². The third-order valence-corrected chi connectivity index (χ3v) is 5.51. The van der Waals surface area contributed by atoms with E-state index in [9.17, 15) is 0 Å². The maximum absolute atomic E-state index is 2.42. The number of hydrogen-bond donors (Lipinski definition) is 0. The normalized spacial score (nSPS) is 13.4. The van der Waals surface area contributed by atoms with Gasteiger partial charge in [-0.05, 0) is 45.6 Å². The summed E-state index contributed by atoms with van der Waals surface area (Å²) in [6.07, 6.45) is 1.12. The molecule has 0 saturated carbocycles. The third-order valence-electron chi connectivity index (χ3n) is 5.51. The van der Waals surface area contributed by atoms with Crippen LogP contribution in [-0.4, -0.2) is 0 Å². The lowest BCUT2D eigenvalue weighted by Crippen LogP contribution is -2.34.